The van der Waals surface area contributed by atoms with Gasteiger partial charge in [-0.1, -0.05) is 12.1 Å². The SMILES string of the molecule is CC(C)Oc1cccc([C@H](N)CO)c1. The average molecular weight is 195 g/mol. The van der Waals surface area contributed by atoms with Crippen LogP contribution in [0, 0.1) is 0 Å². The van der Waals surface area contributed by atoms with Crippen LogP contribution < -0.4 is 10.5 Å². The zero-order chi connectivity index (χ0) is 10.6. The van der Waals surface area contributed by atoms with Crippen molar-refractivity contribution in [2.24, 2.45) is 5.73 Å². The number of hydrogen-bond donors (Lipinski definition) is 2. The Kier molecular flexibility index (Phi) is 3.92. The molecule has 1 aromatic carbocycles. The number of ether oxygens (including phenoxy) is 1. The van der Waals surface area contributed by atoms with Gasteiger partial charge in [-0.2, -0.15) is 0 Å². The summed E-state index contributed by atoms with van der Waals surface area (Å²) in [6, 6.07) is 7.18. The van der Waals surface area contributed by atoms with E-state index in [4.69, 9.17) is 15.6 Å². The zero-order valence-electron chi connectivity index (χ0n) is 8.60. The molecule has 0 heterocycles. The van der Waals surface area contributed by atoms with Crippen LogP contribution in [0.25, 0.3) is 0 Å². The van der Waals surface area contributed by atoms with E-state index < -0.39 is 0 Å². The first-order valence-electron chi connectivity index (χ1n) is 4.76. The molecule has 78 valence electrons. The Morgan fingerprint density at radius 3 is 2.71 bits per heavy atom. The molecule has 0 bridgehead atoms. The molecule has 3 nitrogen and oxygen atoms in total. The Balaban J connectivity index is 2.78. The first kappa shape index (κ1) is 11.0. The normalized spacial score (nSPS) is 12.9. The molecule has 0 amide bonds. The average Bonchev–Trinajstić information content (AvgIpc) is 2.16. The molecule has 0 radical (unpaired) electrons. The standard InChI is InChI=1S/C11H17NO2/c1-8(2)14-10-5-3-4-9(6-10)11(12)7-13/h3-6,8,11,13H,7,12H2,1-2H3/t11-/m1/s1. The smallest absolute Gasteiger partial charge is 0.120 e. The van der Waals surface area contributed by atoms with Gasteiger partial charge in [0.2, 0.25) is 0 Å². The molecule has 0 saturated carbocycles. The lowest BCUT2D eigenvalue weighted by molar-refractivity contribution is 0.241. The molecule has 1 atom stereocenters. The summed E-state index contributed by atoms with van der Waals surface area (Å²) in [6.45, 7) is 3.89. The van der Waals surface area contributed by atoms with Gasteiger partial charge in [0.05, 0.1) is 18.8 Å². The summed E-state index contributed by atoms with van der Waals surface area (Å²) < 4.78 is 5.51. The topological polar surface area (TPSA) is 55.5 Å². The Morgan fingerprint density at radius 1 is 1.43 bits per heavy atom. The van der Waals surface area contributed by atoms with E-state index in [0.29, 0.717) is 0 Å². The Bertz CT molecular complexity index is 286. The fourth-order valence-electron chi connectivity index (χ4n) is 1.20. The zero-order valence-corrected chi connectivity index (χ0v) is 8.60. The lowest BCUT2D eigenvalue weighted by atomic mass is 10.1. The van der Waals surface area contributed by atoms with Crippen molar-refractivity contribution >= 4 is 0 Å². The van der Waals surface area contributed by atoms with E-state index in [2.05, 4.69) is 0 Å². The van der Waals surface area contributed by atoms with E-state index in [9.17, 15) is 0 Å². The second-order valence-corrected chi connectivity index (χ2v) is 3.53. The van der Waals surface area contributed by atoms with Gasteiger partial charge in [0.1, 0.15) is 5.75 Å². The van der Waals surface area contributed by atoms with Crippen LogP contribution in [-0.4, -0.2) is 17.8 Å². The van der Waals surface area contributed by atoms with Crippen LogP contribution in [-0.2, 0) is 0 Å². The molecule has 0 unspecified atom stereocenters. The number of rotatable bonds is 4. The number of nitrogens with two attached hydrogens (primary N) is 1. The second kappa shape index (κ2) is 4.98. The largest absolute Gasteiger partial charge is 0.491 e. The first-order chi connectivity index (χ1) is 6.63. The van der Waals surface area contributed by atoms with Crippen molar-refractivity contribution in [3.05, 3.63) is 29.8 Å². The van der Waals surface area contributed by atoms with Crippen molar-refractivity contribution in [3.8, 4) is 5.75 Å². The van der Waals surface area contributed by atoms with Crippen LogP contribution in [0.15, 0.2) is 24.3 Å². The predicted octanol–water partition coefficient (Wildman–Crippen LogP) is 1.47. The van der Waals surface area contributed by atoms with E-state index in [1.165, 1.54) is 0 Å². The maximum Gasteiger partial charge on any atom is 0.120 e. The lowest BCUT2D eigenvalue weighted by Gasteiger charge is -2.13. The maximum atomic E-state index is 8.90. The van der Waals surface area contributed by atoms with Gasteiger partial charge in [0.15, 0.2) is 0 Å². The van der Waals surface area contributed by atoms with Crippen molar-refractivity contribution < 1.29 is 9.84 Å². The van der Waals surface area contributed by atoms with E-state index in [1.54, 1.807) is 0 Å². The van der Waals surface area contributed by atoms with Crippen molar-refractivity contribution in [2.75, 3.05) is 6.61 Å². The predicted molar refractivity (Wildman–Crippen MR) is 56.2 cm³/mol. The highest BCUT2D eigenvalue weighted by Gasteiger charge is 2.05. The van der Waals surface area contributed by atoms with Crippen LogP contribution in [0.3, 0.4) is 0 Å². The van der Waals surface area contributed by atoms with Gasteiger partial charge in [-0.25, -0.2) is 0 Å². The molecule has 1 rings (SSSR count). The number of aliphatic hydroxyl groups is 1. The molecular weight excluding hydrogens is 178 g/mol. The van der Waals surface area contributed by atoms with Gasteiger partial charge in [0, 0.05) is 0 Å². The van der Waals surface area contributed by atoms with Crippen LogP contribution >= 0.6 is 0 Å². The van der Waals surface area contributed by atoms with Gasteiger partial charge in [-0.05, 0) is 31.5 Å². The van der Waals surface area contributed by atoms with Crippen LogP contribution in [0.2, 0.25) is 0 Å². The third kappa shape index (κ3) is 3.01. The third-order valence-electron chi connectivity index (χ3n) is 1.85. The summed E-state index contributed by atoms with van der Waals surface area (Å²) in [7, 11) is 0. The maximum absolute atomic E-state index is 8.90. The Labute approximate surface area is 84.5 Å². The van der Waals surface area contributed by atoms with E-state index >= 15 is 0 Å². The molecule has 0 fully saturated rings. The number of aliphatic hydroxyl groups excluding tert-OH is 1. The number of benzene rings is 1. The van der Waals surface area contributed by atoms with Crippen molar-refractivity contribution in [3.63, 3.8) is 0 Å². The summed E-state index contributed by atoms with van der Waals surface area (Å²) in [5, 5.41) is 8.90. The summed E-state index contributed by atoms with van der Waals surface area (Å²) >= 11 is 0. The quantitative estimate of drug-likeness (QED) is 0.764. The fourth-order valence-corrected chi connectivity index (χ4v) is 1.20. The van der Waals surface area contributed by atoms with Crippen LogP contribution in [0.5, 0.6) is 5.75 Å². The molecule has 1 aromatic rings. The minimum atomic E-state index is -0.328. The Hall–Kier alpha value is -1.06. The van der Waals surface area contributed by atoms with Gasteiger partial charge >= 0.3 is 0 Å². The second-order valence-electron chi connectivity index (χ2n) is 3.53. The van der Waals surface area contributed by atoms with E-state index in [0.717, 1.165) is 11.3 Å². The molecule has 0 spiro atoms. The van der Waals surface area contributed by atoms with Gasteiger partial charge in [0.25, 0.3) is 0 Å². The molecule has 0 aliphatic carbocycles. The van der Waals surface area contributed by atoms with Crippen molar-refractivity contribution in [1.82, 2.24) is 0 Å². The Morgan fingerprint density at radius 2 is 2.14 bits per heavy atom. The van der Waals surface area contributed by atoms with Crippen molar-refractivity contribution in [1.29, 1.82) is 0 Å². The molecule has 0 aliphatic rings. The molecule has 0 aromatic heterocycles. The summed E-state index contributed by atoms with van der Waals surface area (Å²) in [5.41, 5.74) is 6.58. The fraction of sp³-hybridized carbons (Fsp3) is 0.455. The van der Waals surface area contributed by atoms with E-state index in [-0.39, 0.29) is 18.8 Å². The first-order valence-corrected chi connectivity index (χ1v) is 4.76. The minimum absolute atomic E-state index is 0.0505. The molecular formula is C11H17NO2. The van der Waals surface area contributed by atoms with Crippen molar-refractivity contribution in [2.45, 2.75) is 26.0 Å². The highest BCUT2D eigenvalue weighted by molar-refractivity contribution is 5.30. The number of hydrogen-bond acceptors (Lipinski definition) is 3. The van der Waals surface area contributed by atoms with Crippen LogP contribution in [0.1, 0.15) is 25.5 Å². The third-order valence-corrected chi connectivity index (χ3v) is 1.85. The minimum Gasteiger partial charge on any atom is -0.491 e. The monoisotopic (exact) mass is 195 g/mol. The summed E-state index contributed by atoms with van der Waals surface area (Å²) in [5.74, 6) is 0.793. The summed E-state index contributed by atoms with van der Waals surface area (Å²) in [6.07, 6.45) is 0.149. The van der Waals surface area contributed by atoms with Gasteiger partial charge < -0.3 is 15.6 Å². The molecule has 0 saturated heterocycles. The molecule has 0 aliphatic heterocycles. The lowest BCUT2D eigenvalue weighted by Crippen LogP contribution is -2.14. The van der Waals surface area contributed by atoms with E-state index in [1.807, 2.05) is 38.1 Å². The molecule has 3 N–H and O–H groups in total. The summed E-state index contributed by atoms with van der Waals surface area (Å²) in [4.78, 5) is 0. The van der Waals surface area contributed by atoms with Gasteiger partial charge in [-0.3, -0.25) is 0 Å². The molecule has 14 heavy (non-hydrogen) atoms. The molecule has 3 heteroatoms. The highest BCUT2D eigenvalue weighted by Crippen LogP contribution is 2.18. The van der Waals surface area contributed by atoms with Crippen LogP contribution in [0.4, 0.5) is 0 Å². The highest BCUT2D eigenvalue weighted by atomic mass is 16.5. The van der Waals surface area contributed by atoms with Gasteiger partial charge in [-0.15, -0.1) is 0 Å².